The minimum Gasteiger partial charge on any atom is -0.549 e. The van der Waals surface area contributed by atoms with Crippen molar-refractivity contribution < 1.29 is 19.1 Å². The zero-order valence-electron chi connectivity index (χ0n) is 11.6. The Morgan fingerprint density at radius 3 is 2.82 bits per heavy atom. The smallest absolute Gasteiger partial charge is 0.227 e. The summed E-state index contributed by atoms with van der Waals surface area (Å²) in [6.45, 7) is 1.61. The van der Waals surface area contributed by atoms with E-state index in [4.69, 9.17) is 10.2 Å². The van der Waals surface area contributed by atoms with Crippen LogP contribution in [0.2, 0.25) is 0 Å². The molecule has 0 saturated carbocycles. The van der Waals surface area contributed by atoms with Crippen molar-refractivity contribution in [3.05, 3.63) is 34.8 Å². The van der Waals surface area contributed by atoms with Gasteiger partial charge in [-0.25, -0.2) is 4.99 Å². The molecular formula is C14H12N3O4S-. The number of nitriles is 1. The molecule has 7 nitrogen and oxygen atoms in total. The third-order valence-electron chi connectivity index (χ3n) is 3.21. The lowest BCUT2D eigenvalue weighted by Gasteiger charge is -2.27. The molecule has 0 saturated heterocycles. The summed E-state index contributed by atoms with van der Waals surface area (Å²) >= 11 is 0.870. The van der Waals surface area contributed by atoms with E-state index < -0.39 is 23.7 Å². The number of aliphatic carboxylic acids is 1. The number of aliphatic imine (C=N–C) groups is 1. The minimum absolute atomic E-state index is 0.163. The van der Waals surface area contributed by atoms with Gasteiger partial charge in [-0.2, -0.15) is 5.26 Å². The lowest BCUT2D eigenvalue weighted by molar-refractivity contribution is -0.301. The van der Waals surface area contributed by atoms with Crippen LogP contribution < -0.4 is 10.8 Å². The van der Waals surface area contributed by atoms with Crippen LogP contribution >= 0.6 is 11.8 Å². The molecule has 1 aliphatic rings. The Morgan fingerprint density at radius 2 is 2.32 bits per heavy atom. The van der Waals surface area contributed by atoms with Crippen molar-refractivity contribution in [2.45, 2.75) is 12.8 Å². The Labute approximate surface area is 130 Å². The molecule has 22 heavy (non-hydrogen) atoms. The average Bonchev–Trinajstić information content (AvgIpc) is 2.97. The molecule has 0 radical (unpaired) electrons. The highest BCUT2D eigenvalue weighted by Crippen LogP contribution is 2.41. The molecule has 2 atom stereocenters. The predicted molar refractivity (Wildman–Crippen MR) is 77.3 cm³/mol. The first-order valence-electron chi connectivity index (χ1n) is 6.30. The first kappa shape index (κ1) is 15.9. The molecule has 8 heteroatoms. The Morgan fingerprint density at radius 1 is 1.59 bits per heavy atom. The number of hydrogen-bond donors (Lipinski definition) is 1. The van der Waals surface area contributed by atoms with Gasteiger partial charge in [-0.15, -0.1) is 0 Å². The van der Waals surface area contributed by atoms with E-state index in [0.29, 0.717) is 11.5 Å². The van der Waals surface area contributed by atoms with Crippen LogP contribution in [0, 0.1) is 17.2 Å². The normalized spacial score (nSPS) is 21.2. The summed E-state index contributed by atoms with van der Waals surface area (Å²) in [6.07, 6.45) is 1.43. The topological polar surface area (TPSA) is 133 Å². The number of primary amides is 1. The van der Waals surface area contributed by atoms with Gasteiger partial charge in [0, 0.05) is 11.5 Å². The quantitative estimate of drug-likeness (QED) is 0.822. The van der Waals surface area contributed by atoms with Crippen LogP contribution in [0.3, 0.4) is 0 Å². The number of furan rings is 1. The van der Waals surface area contributed by atoms with E-state index >= 15 is 0 Å². The maximum Gasteiger partial charge on any atom is 0.227 e. The van der Waals surface area contributed by atoms with Gasteiger partial charge >= 0.3 is 0 Å². The molecule has 1 aliphatic heterocycles. The van der Waals surface area contributed by atoms with Crippen molar-refractivity contribution in [3.63, 3.8) is 0 Å². The number of carboxylic acid groups (broad SMARTS) is 1. The number of amides is 1. The summed E-state index contributed by atoms with van der Waals surface area (Å²) in [5.41, 5.74) is 6.01. The predicted octanol–water partition coefficient (Wildman–Crippen LogP) is 0.157. The van der Waals surface area contributed by atoms with Gasteiger partial charge in [0.15, 0.2) is 0 Å². The average molecular weight is 318 g/mol. The maximum absolute atomic E-state index is 11.8. The molecule has 1 aromatic rings. The van der Waals surface area contributed by atoms with Crippen LogP contribution in [0.4, 0.5) is 0 Å². The second-order valence-electron chi connectivity index (χ2n) is 4.62. The summed E-state index contributed by atoms with van der Waals surface area (Å²) < 4.78 is 5.32. The fraction of sp³-hybridized carbons (Fsp3) is 0.286. The Bertz CT molecular complexity index is 700. The summed E-state index contributed by atoms with van der Waals surface area (Å²) in [6, 6.07) is 5.26. The van der Waals surface area contributed by atoms with E-state index in [1.54, 1.807) is 19.1 Å². The van der Waals surface area contributed by atoms with Crippen LogP contribution in [-0.4, -0.2) is 23.3 Å². The molecule has 0 fully saturated rings. The van der Waals surface area contributed by atoms with Crippen molar-refractivity contribution in [1.82, 2.24) is 0 Å². The van der Waals surface area contributed by atoms with E-state index in [-0.39, 0.29) is 16.4 Å². The monoisotopic (exact) mass is 318 g/mol. The van der Waals surface area contributed by atoms with Gasteiger partial charge in [0.2, 0.25) is 5.91 Å². The van der Waals surface area contributed by atoms with Crippen molar-refractivity contribution in [2.75, 3.05) is 5.75 Å². The van der Waals surface area contributed by atoms with Gasteiger partial charge in [0.25, 0.3) is 0 Å². The van der Waals surface area contributed by atoms with Gasteiger partial charge in [0.1, 0.15) is 10.8 Å². The highest BCUT2D eigenvalue weighted by atomic mass is 32.2. The second kappa shape index (κ2) is 6.49. The third kappa shape index (κ3) is 3.04. The molecule has 0 bridgehead atoms. The largest absolute Gasteiger partial charge is 0.549 e. The van der Waals surface area contributed by atoms with E-state index in [1.807, 2.05) is 6.07 Å². The SMILES string of the molecule is CC1=NC(SCC(=O)[O-])=C(C#N)[C@@H](c2ccco2)[C@H]1C(N)=O. The number of rotatable bonds is 5. The Hall–Kier alpha value is -2.53. The number of thioether (sulfide) groups is 1. The molecule has 114 valence electrons. The highest BCUT2D eigenvalue weighted by molar-refractivity contribution is 8.03. The minimum atomic E-state index is -1.27. The lowest BCUT2D eigenvalue weighted by Crippen LogP contribution is -2.37. The zero-order chi connectivity index (χ0) is 16.3. The van der Waals surface area contributed by atoms with Crippen molar-refractivity contribution in [1.29, 1.82) is 5.26 Å². The van der Waals surface area contributed by atoms with Gasteiger partial charge in [-0.1, -0.05) is 11.8 Å². The summed E-state index contributed by atoms with van der Waals surface area (Å²) in [7, 11) is 0. The van der Waals surface area contributed by atoms with Gasteiger partial charge in [0.05, 0.1) is 35.7 Å². The molecular weight excluding hydrogens is 306 g/mol. The van der Waals surface area contributed by atoms with Gasteiger partial charge in [-0.05, 0) is 19.1 Å². The number of allylic oxidation sites excluding steroid dienone is 1. The maximum atomic E-state index is 11.8. The standard InChI is InChI=1S/C14H13N3O4S/c1-7-11(13(16)20)12(9-3-2-4-21-9)8(5-15)14(17-7)22-6-10(18)19/h2-4,11-12H,6H2,1H3,(H2,16,20)(H,18,19)/p-1/t11-,12-/m0/s1. The van der Waals surface area contributed by atoms with Gasteiger partial charge in [-0.3, -0.25) is 4.79 Å². The fourth-order valence-corrected chi connectivity index (χ4v) is 3.12. The molecule has 1 amide bonds. The first-order valence-corrected chi connectivity index (χ1v) is 7.29. The Kier molecular flexibility index (Phi) is 4.68. The number of hydrogen-bond acceptors (Lipinski definition) is 7. The van der Waals surface area contributed by atoms with Gasteiger partial charge < -0.3 is 20.1 Å². The van der Waals surface area contributed by atoms with Crippen molar-refractivity contribution in [3.8, 4) is 6.07 Å². The van der Waals surface area contributed by atoms with Crippen LogP contribution in [0.1, 0.15) is 18.6 Å². The highest BCUT2D eigenvalue weighted by Gasteiger charge is 2.39. The van der Waals surface area contributed by atoms with Crippen LogP contribution in [0.25, 0.3) is 0 Å². The molecule has 0 unspecified atom stereocenters. The fourth-order valence-electron chi connectivity index (χ4n) is 2.33. The number of carbonyl (C=O) groups is 2. The molecule has 0 aliphatic carbocycles. The number of nitrogens with zero attached hydrogens (tertiary/aromatic N) is 2. The summed E-state index contributed by atoms with van der Waals surface area (Å²) in [4.78, 5) is 26.6. The third-order valence-corrected chi connectivity index (χ3v) is 4.17. The zero-order valence-corrected chi connectivity index (χ0v) is 12.4. The second-order valence-corrected chi connectivity index (χ2v) is 5.58. The number of nitrogens with two attached hydrogens (primary N) is 1. The van der Waals surface area contributed by atoms with Crippen LogP contribution in [0.5, 0.6) is 0 Å². The van der Waals surface area contributed by atoms with Crippen molar-refractivity contribution >= 4 is 29.4 Å². The van der Waals surface area contributed by atoms with E-state index in [2.05, 4.69) is 4.99 Å². The van der Waals surface area contributed by atoms with E-state index in [1.165, 1.54) is 6.26 Å². The van der Waals surface area contributed by atoms with Crippen LogP contribution in [0.15, 0.2) is 38.4 Å². The summed E-state index contributed by atoms with van der Waals surface area (Å²) in [5.74, 6) is -3.36. The summed E-state index contributed by atoms with van der Waals surface area (Å²) in [5, 5.41) is 20.3. The first-order chi connectivity index (χ1) is 10.5. The number of carboxylic acids is 1. The molecule has 1 aromatic heterocycles. The number of carbonyl (C=O) groups excluding carboxylic acids is 2. The molecule has 2 rings (SSSR count). The van der Waals surface area contributed by atoms with Crippen molar-refractivity contribution in [2.24, 2.45) is 16.6 Å². The lowest BCUT2D eigenvalue weighted by atomic mass is 9.80. The molecule has 2 N–H and O–H groups in total. The molecule has 2 heterocycles. The molecule has 0 aromatic carbocycles. The van der Waals surface area contributed by atoms with E-state index in [0.717, 1.165) is 11.8 Å². The van der Waals surface area contributed by atoms with Crippen LogP contribution in [-0.2, 0) is 9.59 Å². The van der Waals surface area contributed by atoms with E-state index in [9.17, 15) is 20.0 Å². The Balaban J connectivity index is 2.52. The molecule has 0 spiro atoms.